The number of hydrogen-bond acceptors (Lipinski definition) is 2. The summed E-state index contributed by atoms with van der Waals surface area (Å²) in [7, 11) is 0. The van der Waals surface area contributed by atoms with Crippen molar-refractivity contribution >= 4 is 5.78 Å². The van der Waals surface area contributed by atoms with Crippen LogP contribution < -0.4 is 25.9 Å². The van der Waals surface area contributed by atoms with Crippen LogP contribution >= 0.6 is 0 Å². The number of benzene rings is 2. The van der Waals surface area contributed by atoms with Crippen LogP contribution in [0, 0.1) is 27.9 Å². The van der Waals surface area contributed by atoms with Gasteiger partial charge in [0.2, 0.25) is 0 Å². The van der Waals surface area contributed by atoms with Crippen LogP contribution in [-0.4, -0.2) is 11.9 Å². The molecule has 2 nitrogen and oxygen atoms in total. The molecule has 124 valence electrons. The zero-order valence-corrected chi connectivity index (χ0v) is 16.6. The van der Waals surface area contributed by atoms with Gasteiger partial charge in [-0.25, -0.2) is 0 Å². The van der Waals surface area contributed by atoms with E-state index in [1.165, 1.54) is 23.8 Å². The molecule has 2 aromatic carbocycles. The van der Waals surface area contributed by atoms with Gasteiger partial charge in [0.05, 0.1) is 0 Å². The molecule has 0 fully saturated rings. The normalized spacial score (nSPS) is 12.2. The average molecular weight is 423 g/mol. The van der Waals surface area contributed by atoms with E-state index in [1.807, 2.05) is 26.0 Å². The van der Waals surface area contributed by atoms with Gasteiger partial charge in [-0.15, -0.1) is 0 Å². The van der Waals surface area contributed by atoms with E-state index in [0.717, 1.165) is 5.75 Å². The zero-order valence-electron chi connectivity index (χ0n) is 14.4. The van der Waals surface area contributed by atoms with Gasteiger partial charge in [0.1, 0.15) is 0 Å². The summed E-state index contributed by atoms with van der Waals surface area (Å²) in [6.07, 6.45) is 0.138. The molecule has 2 rings (SSSR count). The summed E-state index contributed by atoms with van der Waals surface area (Å²) in [4.78, 5) is 11.6. The summed E-state index contributed by atoms with van der Waals surface area (Å²) < 4.78 is 8.56. The van der Waals surface area contributed by atoms with E-state index < -0.39 is 0 Å². The van der Waals surface area contributed by atoms with E-state index >= 15 is 0 Å². The minimum absolute atomic E-state index is 0.132. The number of halogens is 1. The SMILES string of the molecule is CCC(=O)C(C)Oc1ccc([I-]c2c(C)cc(C)cc2C)cc1. The number of ketones is 1. The molecule has 3 heteroatoms. The molecule has 0 amide bonds. The van der Waals surface area contributed by atoms with Crippen molar-refractivity contribution in [1.29, 1.82) is 0 Å². The Morgan fingerprint density at radius 2 is 1.65 bits per heavy atom. The average Bonchev–Trinajstić information content (AvgIpc) is 2.51. The summed E-state index contributed by atoms with van der Waals surface area (Å²) in [5, 5.41) is 0. The molecular formula is C20H24IO2-. The van der Waals surface area contributed by atoms with Crippen LogP contribution in [0.3, 0.4) is 0 Å². The van der Waals surface area contributed by atoms with Gasteiger partial charge in [0.15, 0.2) is 0 Å². The molecule has 0 saturated carbocycles. The first-order chi connectivity index (χ1) is 10.9. The van der Waals surface area contributed by atoms with Gasteiger partial charge in [-0.3, -0.25) is 0 Å². The first-order valence-electron chi connectivity index (χ1n) is 7.92. The topological polar surface area (TPSA) is 26.3 Å². The molecule has 0 N–H and O–H groups in total. The van der Waals surface area contributed by atoms with Crippen LogP contribution in [0.4, 0.5) is 0 Å². The van der Waals surface area contributed by atoms with E-state index in [-0.39, 0.29) is 33.1 Å². The minimum atomic E-state index is -0.373. The molecule has 1 atom stereocenters. The van der Waals surface area contributed by atoms with Crippen molar-refractivity contribution in [1.82, 2.24) is 0 Å². The van der Waals surface area contributed by atoms with Gasteiger partial charge in [0, 0.05) is 0 Å². The summed E-state index contributed by atoms with van der Waals surface area (Å²) in [5.74, 6) is 0.900. The maximum absolute atomic E-state index is 11.6. The number of aryl methyl sites for hydroxylation is 3. The van der Waals surface area contributed by atoms with Crippen molar-refractivity contribution in [2.75, 3.05) is 0 Å². The van der Waals surface area contributed by atoms with Crippen LogP contribution in [0.25, 0.3) is 0 Å². The van der Waals surface area contributed by atoms with Crippen molar-refractivity contribution in [3.05, 3.63) is 60.2 Å². The predicted octanol–water partition coefficient (Wildman–Crippen LogP) is 1.49. The summed E-state index contributed by atoms with van der Waals surface area (Å²) in [5.41, 5.74) is 4.10. The van der Waals surface area contributed by atoms with Gasteiger partial charge in [0.25, 0.3) is 0 Å². The standard InChI is InChI=1S/C20H24IO2/c1-6-19(22)16(5)23-18-9-7-17(8-10-18)21-20-14(3)11-13(2)12-15(20)4/h7-12,16H,6H2,1-5H3/q-1. The quantitative estimate of drug-likeness (QED) is 0.659. The molecule has 0 saturated heterocycles. The van der Waals surface area contributed by atoms with E-state index in [9.17, 15) is 4.79 Å². The number of carbonyl (C=O) groups is 1. The van der Waals surface area contributed by atoms with Gasteiger partial charge in [-0.1, -0.05) is 0 Å². The Bertz CT molecular complexity index is 666. The molecule has 0 aromatic heterocycles. The molecular weight excluding hydrogens is 399 g/mol. The Labute approximate surface area is 149 Å². The monoisotopic (exact) mass is 423 g/mol. The first kappa shape index (κ1) is 18.0. The Balaban J connectivity index is 2.10. The summed E-state index contributed by atoms with van der Waals surface area (Å²) >= 11 is -0.200. The second-order valence-electron chi connectivity index (χ2n) is 5.84. The van der Waals surface area contributed by atoms with Crippen molar-refractivity contribution in [3.8, 4) is 5.75 Å². The van der Waals surface area contributed by atoms with Crippen LogP contribution in [0.5, 0.6) is 5.75 Å². The second kappa shape index (κ2) is 7.95. The maximum atomic E-state index is 11.6. The van der Waals surface area contributed by atoms with E-state index in [4.69, 9.17) is 4.74 Å². The summed E-state index contributed by atoms with van der Waals surface area (Å²) in [6.45, 7) is 10.2. The molecule has 0 spiro atoms. The number of ether oxygens (including phenoxy) is 1. The Kier molecular flexibility index (Phi) is 6.22. The molecule has 23 heavy (non-hydrogen) atoms. The third-order valence-corrected chi connectivity index (χ3v) is 7.30. The number of carbonyl (C=O) groups excluding carboxylic acids is 1. The Morgan fingerprint density at radius 1 is 1.09 bits per heavy atom. The Hall–Kier alpha value is -1.36. The molecule has 1 unspecified atom stereocenters. The fourth-order valence-corrected chi connectivity index (χ4v) is 5.06. The number of rotatable bonds is 6. The third-order valence-electron chi connectivity index (χ3n) is 3.71. The molecule has 0 heterocycles. The van der Waals surface area contributed by atoms with Crippen LogP contribution in [-0.2, 0) is 4.79 Å². The molecule has 0 aliphatic carbocycles. The van der Waals surface area contributed by atoms with Gasteiger partial charge < -0.3 is 0 Å². The van der Waals surface area contributed by atoms with Crippen LogP contribution in [0.15, 0.2) is 36.4 Å². The molecule has 0 radical (unpaired) electrons. The molecule has 0 aliphatic heterocycles. The molecule has 0 aliphatic rings. The fraction of sp³-hybridized carbons (Fsp3) is 0.350. The number of Topliss-reactive ketones (excluding diaryl/α,β-unsaturated/α-hetero) is 1. The molecule has 0 bridgehead atoms. The van der Waals surface area contributed by atoms with Gasteiger partial charge >= 0.3 is 150 Å². The van der Waals surface area contributed by atoms with Crippen molar-refractivity contribution in [2.45, 2.75) is 47.1 Å². The van der Waals surface area contributed by atoms with E-state index in [2.05, 4.69) is 45.0 Å². The van der Waals surface area contributed by atoms with Gasteiger partial charge in [-0.2, -0.15) is 0 Å². The van der Waals surface area contributed by atoms with Crippen molar-refractivity contribution in [2.24, 2.45) is 0 Å². The summed E-state index contributed by atoms with van der Waals surface area (Å²) in [6, 6.07) is 12.7. The predicted molar refractivity (Wildman–Crippen MR) is 89.9 cm³/mol. The van der Waals surface area contributed by atoms with Gasteiger partial charge in [-0.05, 0) is 0 Å². The number of hydrogen-bond donors (Lipinski definition) is 0. The van der Waals surface area contributed by atoms with Crippen molar-refractivity contribution in [3.63, 3.8) is 0 Å². The second-order valence-corrected chi connectivity index (χ2v) is 8.70. The van der Waals surface area contributed by atoms with E-state index in [0.29, 0.717) is 6.42 Å². The fourth-order valence-electron chi connectivity index (χ4n) is 2.55. The van der Waals surface area contributed by atoms with Crippen molar-refractivity contribution < 1.29 is 30.7 Å². The zero-order chi connectivity index (χ0) is 17.0. The third kappa shape index (κ3) is 4.80. The Morgan fingerprint density at radius 3 is 2.17 bits per heavy atom. The molecule has 2 aromatic rings. The first-order valence-corrected chi connectivity index (χ1v) is 10.1. The van der Waals surface area contributed by atoms with E-state index in [1.54, 1.807) is 0 Å². The van der Waals surface area contributed by atoms with Crippen LogP contribution in [0.2, 0.25) is 0 Å². The van der Waals surface area contributed by atoms with Crippen LogP contribution in [0.1, 0.15) is 37.0 Å².